The molecule has 1 rings (SSSR count). The number of hydrogen-bond acceptors (Lipinski definition) is 1. The zero-order valence-corrected chi connectivity index (χ0v) is 18.7. The van der Waals surface area contributed by atoms with Gasteiger partial charge >= 0.3 is 0 Å². The molecule has 0 fully saturated rings. The molecule has 2 nitrogen and oxygen atoms in total. The van der Waals surface area contributed by atoms with Gasteiger partial charge in [-0.15, -0.1) is 0 Å². The number of rotatable bonds is 16. The van der Waals surface area contributed by atoms with E-state index in [0.29, 0.717) is 0 Å². The first-order valence-electron chi connectivity index (χ1n) is 11.7. The van der Waals surface area contributed by atoms with Crippen molar-refractivity contribution in [2.75, 3.05) is 13.1 Å². The van der Waals surface area contributed by atoms with Crippen molar-refractivity contribution in [2.24, 2.45) is 0 Å². The van der Waals surface area contributed by atoms with Gasteiger partial charge in [0.15, 0.2) is 0 Å². The van der Waals surface area contributed by atoms with Gasteiger partial charge in [-0.25, -0.2) is 0 Å². The van der Waals surface area contributed by atoms with Crippen LogP contribution in [0.25, 0.3) is 6.08 Å². The maximum atomic E-state index is 12.8. The Hall–Kier alpha value is -1.57. The molecule has 0 bridgehead atoms. The highest BCUT2D eigenvalue weighted by Crippen LogP contribution is 2.11. The van der Waals surface area contributed by atoms with E-state index in [1.807, 2.05) is 6.08 Å². The van der Waals surface area contributed by atoms with Gasteiger partial charge in [-0.1, -0.05) is 108 Å². The van der Waals surface area contributed by atoms with E-state index < -0.39 is 0 Å². The van der Waals surface area contributed by atoms with Gasteiger partial charge in [0.25, 0.3) is 0 Å². The molecule has 0 unspecified atom stereocenters. The SMILES string of the molecule is CCCCCCCCN(CCCCCCCC)C(=O)/C=C/c1ccc(C)cc1. The van der Waals surface area contributed by atoms with Crippen LogP contribution >= 0.6 is 0 Å². The van der Waals surface area contributed by atoms with E-state index >= 15 is 0 Å². The van der Waals surface area contributed by atoms with E-state index in [2.05, 4.69) is 49.9 Å². The lowest BCUT2D eigenvalue weighted by Crippen LogP contribution is -2.31. The molecule has 0 aromatic heterocycles. The standard InChI is InChI=1S/C26H43NO/c1-4-6-8-10-12-14-22-27(23-15-13-11-9-7-5-2)26(28)21-20-25-18-16-24(3)17-19-25/h16-21H,4-15,22-23H2,1-3H3/b21-20+. The predicted molar refractivity (Wildman–Crippen MR) is 124 cm³/mol. The lowest BCUT2D eigenvalue weighted by Gasteiger charge is -2.21. The van der Waals surface area contributed by atoms with Gasteiger partial charge in [-0.05, 0) is 31.4 Å². The molecule has 0 saturated carbocycles. The van der Waals surface area contributed by atoms with Gasteiger partial charge < -0.3 is 4.90 Å². The minimum Gasteiger partial charge on any atom is -0.339 e. The van der Waals surface area contributed by atoms with E-state index in [1.165, 1.54) is 69.8 Å². The predicted octanol–water partition coefficient (Wildman–Crippen LogP) is 7.56. The molecular weight excluding hydrogens is 342 g/mol. The fourth-order valence-corrected chi connectivity index (χ4v) is 3.45. The lowest BCUT2D eigenvalue weighted by molar-refractivity contribution is -0.126. The van der Waals surface area contributed by atoms with Gasteiger partial charge in [-0.2, -0.15) is 0 Å². The molecule has 158 valence electrons. The lowest BCUT2D eigenvalue weighted by atomic mass is 10.1. The third-order valence-corrected chi connectivity index (χ3v) is 5.37. The summed E-state index contributed by atoms with van der Waals surface area (Å²) < 4.78 is 0. The van der Waals surface area contributed by atoms with Crippen molar-refractivity contribution in [2.45, 2.75) is 97.8 Å². The summed E-state index contributed by atoms with van der Waals surface area (Å²) in [6.07, 6.45) is 18.9. The quantitative estimate of drug-likeness (QED) is 0.212. The first kappa shape index (κ1) is 24.5. The Balaban J connectivity index is 2.46. The molecule has 0 aliphatic rings. The number of carbonyl (C=O) groups excluding carboxylic acids is 1. The summed E-state index contributed by atoms with van der Waals surface area (Å²) in [5.41, 5.74) is 2.34. The molecule has 0 aliphatic carbocycles. The highest BCUT2D eigenvalue weighted by molar-refractivity contribution is 5.91. The normalized spacial score (nSPS) is 11.2. The zero-order chi connectivity index (χ0) is 20.5. The van der Waals surface area contributed by atoms with Crippen LogP contribution in [0.15, 0.2) is 30.3 Å². The molecule has 1 aromatic rings. The van der Waals surface area contributed by atoms with E-state index in [9.17, 15) is 4.79 Å². The number of nitrogens with zero attached hydrogens (tertiary/aromatic N) is 1. The molecular formula is C26H43NO. The van der Waals surface area contributed by atoms with Gasteiger partial charge in [0.05, 0.1) is 0 Å². The highest BCUT2D eigenvalue weighted by Gasteiger charge is 2.10. The minimum absolute atomic E-state index is 0.169. The zero-order valence-electron chi connectivity index (χ0n) is 18.7. The van der Waals surface area contributed by atoms with Crippen LogP contribution in [0.4, 0.5) is 0 Å². The van der Waals surface area contributed by atoms with Crippen molar-refractivity contribution in [3.63, 3.8) is 0 Å². The molecule has 0 heterocycles. The van der Waals surface area contributed by atoms with Crippen molar-refractivity contribution in [3.8, 4) is 0 Å². The second-order valence-corrected chi connectivity index (χ2v) is 8.10. The van der Waals surface area contributed by atoms with Crippen molar-refractivity contribution in [1.82, 2.24) is 4.90 Å². The Bertz CT molecular complexity index is 516. The van der Waals surface area contributed by atoms with Gasteiger partial charge in [-0.3, -0.25) is 4.79 Å². The summed E-state index contributed by atoms with van der Waals surface area (Å²) in [4.78, 5) is 14.8. The maximum Gasteiger partial charge on any atom is 0.246 e. The Morgan fingerprint density at radius 2 is 1.21 bits per heavy atom. The Morgan fingerprint density at radius 1 is 0.750 bits per heavy atom. The Morgan fingerprint density at radius 3 is 1.71 bits per heavy atom. The molecule has 0 saturated heterocycles. The van der Waals surface area contributed by atoms with Gasteiger partial charge in [0.1, 0.15) is 0 Å². The fraction of sp³-hybridized carbons (Fsp3) is 0.654. The van der Waals surface area contributed by atoms with E-state index in [1.54, 1.807) is 6.08 Å². The monoisotopic (exact) mass is 385 g/mol. The van der Waals surface area contributed by atoms with Crippen molar-refractivity contribution < 1.29 is 4.79 Å². The first-order valence-corrected chi connectivity index (χ1v) is 11.7. The Kier molecular flexibility index (Phi) is 14.3. The van der Waals surface area contributed by atoms with E-state index in [-0.39, 0.29) is 5.91 Å². The first-order chi connectivity index (χ1) is 13.7. The van der Waals surface area contributed by atoms with Gasteiger partial charge in [0, 0.05) is 19.2 Å². The molecule has 0 aliphatic heterocycles. The smallest absolute Gasteiger partial charge is 0.246 e. The summed E-state index contributed by atoms with van der Waals surface area (Å²) in [6.45, 7) is 8.39. The molecule has 0 spiro atoms. The summed E-state index contributed by atoms with van der Waals surface area (Å²) in [7, 11) is 0. The van der Waals surface area contributed by atoms with Crippen molar-refractivity contribution in [3.05, 3.63) is 41.5 Å². The van der Waals surface area contributed by atoms with Crippen molar-refractivity contribution >= 4 is 12.0 Å². The van der Waals surface area contributed by atoms with E-state index in [4.69, 9.17) is 0 Å². The summed E-state index contributed by atoms with van der Waals surface area (Å²) in [5.74, 6) is 0.169. The van der Waals surface area contributed by atoms with E-state index in [0.717, 1.165) is 31.5 Å². The molecule has 2 heteroatoms. The average Bonchev–Trinajstić information content (AvgIpc) is 2.70. The van der Waals surface area contributed by atoms with Crippen LogP contribution in [0.1, 0.15) is 102 Å². The molecule has 0 N–H and O–H groups in total. The molecule has 1 amide bonds. The van der Waals surface area contributed by atoms with Crippen LogP contribution in [-0.2, 0) is 4.79 Å². The average molecular weight is 386 g/mol. The molecule has 0 atom stereocenters. The third kappa shape index (κ3) is 12.0. The summed E-state index contributed by atoms with van der Waals surface area (Å²) in [6, 6.07) is 8.33. The number of carbonyl (C=O) groups is 1. The van der Waals surface area contributed by atoms with Crippen LogP contribution < -0.4 is 0 Å². The highest BCUT2D eigenvalue weighted by atomic mass is 16.2. The number of benzene rings is 1. The Labute approximate surface area is 174 Å². The van der Waals surface area contributed by atoms with Gasteiger partial charge in [0.2, 0.25) is 5.91 Å². The number of aryl methyl sites for hydroxylation is 1. The minimum atomic E-state index is 0.169. The number of hydrogen-bond donors (Lipinski definition) is 0. The van der Waals surface area contributed by atoms with Crippen LogP contribution in [0.3, 0.4) is 0 Å². The topological polar surface area (TPSA) is 20.3 Å². The summed E-state index contributed by atoms with van der Waals surface area (Å²) >= 11 is 0. The summed E-state index contributed by atoms with van der Waals surface area (Å²) in [5, 5.41) is 0. The fourth-order valence-electron chi connectivity index (χ4n) is 3.45. The van der Waals surface area contributed by atoms with Crippen LogP contribution in [0.2, 0.25) is 0 Å². The molecule has 28 heavy (non-hydrogen) atoms. The second-order valence-electron chi connectivity index (χ2n) is 8.10. The number of unbranched alkanes of at least 4 members (excludes halogenated alkanes) is 10. The maximum absolute atomic E-state index is 12.8. The molecule has 0 radical (unpaired) electrons. The number of amides is 1. The molecule has 1 aromatic carbocycles. The third-order valence-electron chi connectivity index (χ3n) is 5.37. The second kappa shape index (κ2) is 16.4. The van der Waals surface area contributed by atoms with Crippen LogP contribution in [0.5, 0.6) is 0 Å². The van der Waals surface area contributed by atoms with Crippen LogP contribution in [-0.4, -0.2) is 23.9 Å². The largest absolute Gasteiger partial charge is 0.339 e. The van der Waals surface area contributed by atoms with Crippen LogP contribution in [0, 0.1) is 6.92 Å². The van der Waals surface area contributed by atoms with Crippen molar-refractivity contribution in [1.29, 1.82) is 0 Å².